The third-order valence-corrected chi connectivity index (χ3v) is 11.9. The summed E-state index contributed by atoms with van der Waals surface area (Å²) in [5.41, 5.74) is 1.14. The molecule has 13 heteroatoms. The second kappa shape index (κ2) is 15.5. The van der Waals surface area contributed by atoms with E-state index in [4.69, 9.17) is 14.5 Å². The van der Waals surface area contributed by atoms with Crippen LogP contribution in [0.2, 0.25) is 0 Å². The van der Waals surface area contributed by atoms with Crippen molar-refractivity contribution in [2.45, 2.75) is 74.4 Å². The van der Waals surface area contributed by atoms with E-state index < -0.39 is 45.4 Å². The molecular weight excluding hydrogens is 707 g/mol. The zero-order valence-corrected chi connectivity index (χ0v) is 31.2. The maximum atomic E-state index is 14.2. The summed E-state index contributed by atoms with van der Waals surface area (Å²) < 4.78 is 41.6. The number of likely N-dealkylation sites (tertiary alicyclic amines) is 1. The smallest absolute Gasteiger partial charge is 0.266 e. The van der Waals surface area contributed by atoms with Crippen molar-refractivity contribution in [3.63, 3.8) is 0 Å². The maximum Gasteiger partial charge on any atom is 0.266 e. The number of para-hydroxylation sites is 1. The SMILES string of the molecule is COc1ccc2c(O[C@@H]3C[C@@H](C(=O)N[C@]45C[C@@H]4/C=C/CCCCCCNc4ccccc4S(=O)(=O)NC5=O)N(C(C)=O)C3)cc(-c3ccccc3)nc2c1. The first-order valence-corrected chi connectivity index (χ1v) is 19.9. The molecule has 4 atom stereocenters. The zero-order chi connectivity index (χ0) is 37.9. The molecule has 3 amide bonds. The van der Waals surface area contributed by atoms with Crippen LogP contribution in [0.5, 0.6) is 11.5 Å². The van der Waals surface area contributed by atoms with Crippen molar-refractivity contribution in [3.8, 4) is 22.8 Å². The summed E-state index contributed by atoms with van der Waals surface area (Å²) in [6.07, 6.45) is 8.38. The highest BCUT2D eigenvalue weighted by Gasteiger charge is 2.61. The number of anilines is 1. The summed E-state index contributed by atoms with van der Waals surface area (Å²) in [5.74, 6) is -0.937. The minimum atomic E-state index is -4.30. The largest absolute Gasteiger partial charge is 0.497 e. The zero-order valence-electron chi connectivity index (χ0n) is 30.4. The van der Waals surface area contributed by atoms with E-state index in [1.807, 2.05) is 66.7 Å². The van der Waals surface area contributed by atoms with Gasteiger partial charge >= 0.3 is 0 Å². The molecule has 3 heterocycles. The van der Waals surface area contributed by atoms with Gasteiger partial charge < -0.3 is 25.0 Å². The van der Waals surface area contributed by atoms with Crippen LogP contribution in [0.3, 0.4) is 0 Å². The van der Waals surface area contributed by atoms with Crippen molar-refractivity contribution in [1.82, 2.24) is 19.9 Å². The van der Waals surface area contributed by atoms with Crippen molar-refractivity contribution in [1.29, 1.82) is 0 Å². The molecule has 2 fully saturated rings. The number of nitrogens with one attached hydrogen (secondary N) is 3. The number of pyridine rings is 1. The quantitative estimate of drug-likeness (QED) is 0.214. The van der Waals surface area contributed by atoms with Gasteiger partial charge in [-0.3, -0.25) is 14.4 Å². The fourth-order valence-corrected chi connectivity index (χ4v) is 8.66. The van der Waals surface area contributed by atoms with Gasteiger partial charge in [0.15, 0.2) is 0 Å². The van der Waals surface area contributed by atoms with Crippen molar-refractivity contribution in [3.05, 3.63) is 91.0 Å². The maximum absolute atomic E-state index is 14.2. The number of fused-ring (bicyclic) bond motifs is 3. The molecule has 3 aliphatic rings. The van der Waals surface area contributed by atoms with Crippen LogP contribution in [-0.4, -0.2) is 73.9 Å². The van der Waals surface area contributed by atoms with Gasteiger partial charge in [0, 0.05) is 48.9 Å². The molecule has 3 aromatic carbocycles. The molecule has 0 radical (unpaired) electrons. The Labute approximate surface area is 315 Å². The Morgan fingerprint density at radius 2 is 1.76 bits per heavy atom. The van der Waals surface area contributed by atoms with Crippen LogP contribution in [0.15, 0.2) is 95.9 Å². The predicted octanol–water partition coefficient (Wildman–Crippen LogP) is 5.59. The van der Waals surface area contributed by atoms with Gasteiger partial charge in [-0.25, -0.2) is 18.1 Å². The topological polar surface area (TPSA) is 156 Å². The number of aromatic nitrogens is 1. The number of rotatable bonds is 6. The van der Waals surface area contributed by atoms with Gasteiger partial charge in [0.25, 0.3) is 15.9 Å². The Kier molecular flexibility index (Phi) is 10.6. The highest BCUT2D eigenvalue weighted by Crippen LogP contribution is 2.46. The van der Waals surface area contributed by atoms with Crippen LogP contribution in [-0.2, 0) is 24.4 Å². The lowest BCUT2D eigenvalue weighted by atomic mass is 10.1. The van der Waals surface area contributed by atoms with E-state index >= 15 is 0 Å². The molecule has 0 bridgehead atoms. The molecule has 1 aliphatic carbocycles. The predicted molar refractivity (Wildman–Crippen MR) is 205 cm³/mol. The minimum Gasteiger partial charge on any atom is -0.497 e. The molecule has 12 nitrogen and oxygen atoms in total. The van der Waals surface area contributed by atoms with E-state index in [0.717, 1.165) is 43.1 Å². The van der Waals surface area contributed by atoms with E-state index in [-0.39, 0.29) is 30.2 Å². The number of ether oxygens (including phenoxy) is 2. The van der Waals surface area contributed by atoms with Gasteiger partial charge in [0.1, 0.15) is 34.1 Å². The molecule has 4 aromatic rings. The summed E-state index contributed by atoms with van der Waals surface area (Å²) in [6, 6.07) is 22.6. The fraction of sp³-hybridized carbons (Fsp3) is 0.366. The van der Waals surface area contributed by atoms with Crippen LogP contribution >= 0.6 is 0 Å². The highest BCUT2D eigenvalue weighted by atomic mass is 32.2. The lowest BCUT2D eigenvalue weighted by molar-refractivity contribution is -0.138. The number of nitrogens with zero attached hydrogens (tertiary/aromatic N) is 2. The fourth-order valence-electron chi connectivity index (χ4n) is 7.44. The third kappa shape index (κ3) is 7.77. The normalized spacial score (nSPS) is 24.6. The number of sulfonamides is 1. The molecule has 0 spiro atoms. The van der Waals surface area contributed by atoms with E-state index in [0.29, 0.717) is 34.9 Å². The second-order valence-corrected chi connectivity index (χ2v) is 15.8. The molecule has 3 N–H and O–H groups in total. The number of benzene rings is 3. The first-order valence-electron chi connectivity index (χ1n) is 18.4. The number of carbonyl (C=O) groups is 3. The van der Waals surface area contributed by atoms with Gasteiger partial charge in [-0.2, -0.15) is 0 Å². The summed E-state index contributed by atoms with van der Waals surface area (Å²) in [7, 11) is -2.72. The monoisotopic (exact) mass is 751 g/mol. The van der Waals surface area contributed by atoms with E-state index in [9.17, 15) is 22.8 Å². The van der Waals surface area contributed by atoms with Gasteiger partial charge in [0.05, 0.1) is 30.6 Å². The highest BCUT2D eigenvalue weighted by molar-refractivity contribution is 7.90. The molecule has 1 aromatic heterocycles. The van der Waals surface area contributed by atoms with Gasteiger partial charge in [0.2, 0.25) is 11.8 Å². The molecule has 1 saturated carbocycles. The minimum absolute atomic E-state index is 0.0456. The molecule has 282 valence electrons. The Bertz CT molecular complexity index is 2190. The first kappa shape index (κ1) is 36.9. The van der Waals surface area contributed by atoms with E-state index in [1.54, 1.807) is 25.3 Å². The van der Waals surface area contributed by atoms with Crippen LogP contribution in [0, 0.1) is 5.92 Å². The Hall–Kier alpha value is -5.43. The molecule has 54 heavy (non-hydrogen) atoms. The average molecular weight is 752 g/mol. The number of methoxy groups -OCH3 is 1. The average Bonchev–Trinajstić information content (AvgIpc) is 3.69. The Morgan fingerprint density at radius 1 is 0.981 bits per heavy atom. The van der Waals surface area contributed by atoms with Gasteiger partial charge in [-0.05, 0) is 49.9 Å². The van der Waals surface area contributed by atoms with Crippen LogP contribution in [0.25, 0.3) is 22.2 Å². The van der Waals surface area contributed by atoms with Crippen molar-refractivity contribution in [2.75, 3.05) is 25.5 Å². The van der Waals surface area contributed by atoms with Crippen LogP contribution < -0.4 is 24.8 Å². The molecule has 2 aliphatic heterocycles. The number of allylic oxidation sites excluding steroid dienone is 1. The van der Waals surface area contributed by atoms with Crippen LogP contribution in [0.1, 0.15) is 51.9 Å². The number of carbonyl (C=O) groups excluding carboxylic acids is 3. The summed E-state index contributed by atoms with van der Waals surface area (Å²) in [6.45, 7) is 2.12. The summed E-state index contributed by atoms with van der Waals surface area (Å²) in [4.78, 5) is 47.5. The molecule has 0 unspecified atom stereocenters. The third-order valence-electron chi connectivity index (χ3n) is 10.5. The van der Waals surface area contributed by atoms with E-state index in [1.165, 1.54) is 17.9 Å². The lowest BCUT2D eigenvalue weighted by Gasteiger charge is -2.25. The second-order valence-electron chi connectivity index (χ2n) is 14.2. The van der Waals surface area contributed by atoms with Crippen LogP contribution in [0.4, 0.5) is 5.69 Å². The Balaban J connectivity index is 1.14. The number of hydrogen-bond acceptors (Lipinski definition) is 9. The molecule has 1 saturated heterocycles. The van der Waals surface area contributed by atoms with Gasteiger partial charge in [-0.15, -0.1) is 0 Å². The standard InChI is InChI=1S/C41H45N5O7S/c1-27(47)46-26-31(53-37-24-34(28-14-8-7-9-15-28)43-35-22-30(52-2)19-20-32(35)37)23-36(46)39(48)44-41-25-29(41)16-10-5-3-4-6-13-21-42-33-17-11-12-18-38(33)54(50,51)45-40(41)49/h7-12,14-20,22,24,29,31,36,42H,3-6,13,21,23,25-26H2,1-2H3,(H,44,48)(H,45,49)/b16-10+/t29-,31+,36-,41+/m0/s1. The Morgan fingerprint density at radius 3 is 2.56 bits per heavy atom. The van der Waals surface area contributed by atoms with Crippen molar-refractivity contribution < 1.29 is 32.3 Å². The summed E-state index contributed by atoms with van der Waals surface area (Å²) >= 11 is 0. The molecule has 7 rings (SSSR count). The number of amides is 3. The van der Waals surface area contributed by atoms with Gasteiger partial charge in [-0.1, -0.05) is 67.5 Å². The molecular formula is C41H45N5O7S. The van der Waals surface area contributed by atoms with E-state index in [2.05, 4.69) is 15.4 Å². The van der Waals surface area contributed by atoms with Crippen molar-refractivity contribution >= 4 is 44.3 Å². The van der Waals surface area contributed by atoms with Crippen molar-refractivity contribution in [2.24, 2.45) is 5.92 Å². The summed E-state index contributed by atoms with van der Waals surface area (Å²) in [5, 5.41) is 6.86. The number of hydrogen-bond donors (Lipinski definition) is 3. The first-order chi connectivity index (χ1) is 26.1. The lowest BCUT2D eigenvalue weighted by Crippen LogP contribution is -2.56.